The molecule has 2 rings (SSSR count). The normalized spacial score (nSPS) is 11.5. The summed E-state index contributed by atoms with van der Waals surface area (Å²) in [6.07, 6.45) is 5.54. The lowest BCUT2D eigenvalue weighted by Gasteiger charge is -2.16. The van der Waals surface area contributed by atoms with E-state index in [4.69, 9.17) is 0 Å². The van der Waals surface area contributed by atoms with Gasteiger partial charge in [0.15, 0.2) is 0 Å². The minimum atomic E-state index is -0.0114. The molecule has 2 heterocycles. The van der Waals surface area contributed by atoms with Crippen molar-refractivity contribution in [3.05, 3.63) is 42.2 Å². The van der Waals surface area contributed by atoms with Crippen molar-refractivity contribution in [2.75, 3.05) is 0 Å². The van der Waals surface area contributed by atoms with Gasteiger partial charge in [-0.05, 0) is 13.0 Å². The summed E-state index contributed by atoms with van der Waals surface area (Å²) >= 11 is 0. The van der Waals surface area contributed by atoms with Gasteiger partial charge in [-0.25, -0.2) is 9.97 Å². The van der Waals surface area contributed by atoms with E-state index in [9.17, 15) is 0 Å². The van der Waals surface area contributed by atoms with Crippen molar-refractivity contribution in [2.24, 2.45) is 0 Å². The van der Waals surface area contributed by atoms with E-state index >= 15 is 0 Å². The number of rotatable bonds is 1. The van der Waals surface area contributed by atoms with Crippen LogP contribution in [0.25, 0.3) is 11.1 Å². The van der Waals surface area contributed by atoms with E-state index in [2.05, 4.69) is 35.7 Å². The van der Waals surface area contributed by atoms with Crippen LogP contribution in [0.4, 0.5) is 0 Å². The first-order chi connectivity index (χ1) is 7.98. The van der Waals surface area contributed by atoms with Crippen LogP contribution in [0, 0.1) is 6.92 Å². The van der Waals surface area contributed by atoms with E-state index in [1.54, 1.807) is 6.20 Å². The van der Waals surface area contributed by atoms with Gasteiger partial charge in [0.25, 0.3) is 0 Å². The molecule has 0 amide bonds. The molecule has 0 atom stereocenters. The Morgan fingerprint density at radius 1 is 1.00 bits per heavy atom. The molecule has 0 aliphatic carbocycles. The summed E-state index contributed by atoms with van der Waals surface area (Å²) in [7, 11) is 0. The van der Waals surface area contributed by atoms with Crippen molar-refractivity contribution in [3.63, 3.8) is 0 Å². The van der Waals surface area contributed by atoms with E-state index in [1.807, 2.05) is 31.5 Å². The Balaban J connectivity index is 2.40. The van der Waals surface area contributed by atoms with Gasteiger partial charge >= 0.3 is 0 Å². The summed E-state index contributed by atoms with van der Waals surface area (Å²) in [6, 6.07) is 3.97. The Bertz CT molecular complexity index is 510. The monoisotopic (exact) mass is 227 g/mol. The van der Waals surface area contributed by atoms with Crippen molar-refractivity contribution in [3.8, 4) is 11.1 Å². The highest BCUT2D eigenvalue weighted by Gasteiger charge is 2.16. The van der Waals surface area contributed by atoms with E-state index in [0.717, 1.165) is 22.6 Å². The van der Waals surface area contributed by atoms with E-state index in [-0.39, 0.29) is 5.41 Å². The van der Waals surface area contributed by atoms with Gasteiger partial charge in [-0.3, -0.25) is 4.98 Å². The number of nitrogens with zero attached hydrogens (tertiary/aromatic N) is 3. The van der Waals surface area contributed by atoms with Gasteiger partial charge in [0.1, 0.15) is 5.82 Å². The first-order valence-electron chi connectivity index (χ1n) is 5.73. The molecule has 0 N–H and O–H groups in total. The molecule has 0 aliphatic rings. The molecule has 0 spiro atoms. The third-order valence-electron chi connectivity index (χ3n) is 2.64. The fourth-order valence-electron chi connectivity index (χ4n) is 1.64. The molecule has 2 aromatic heterocycles. The molecular formula is C14H17N3. The molecule has 0 aliphatic heterocycles. The Hall–Kier alpha value is -1.77. The van der Waals surface area contributed by atoms with Crippen LogP contribution in [-0.2, 0) is 5.41 Å². The lowest BCUT2D eigenvalue weighted by Crippen LogP contribution is -2.15. The molecule has 2 aromatic rings. The number of hydrogen-bond donors (Lipinski definition) is 0. The van der Waals surface area contributed by atoms with Crippen LogP contribution < -0.4 is 0 Å². The second-order valence-electron chi connectivity index (χ2n) is 5.18. The summed E-state index contributed by atoms with van der Waals surface area (Å²) in [6.45, 7) is 8.32. The molecule has 17 heavy (non-hydrogen) atoms. The van der Waals surface area contributed by atoms with Crippen LogP contribution in [0.1, 0.15) is 32.3 Å². The molecule has 0 saturated heterocycles. The SMILES string of the molecule is Cc1ncccc1-c1cnc(C(C)(C)C)nc1. The third kappa shape index (κ3) is 2.49. The first kappa shape index (κ1) is 11.7. The zero-order chi connectivity index (χ0) is 12.5. The Kier molecular flexibility index (Phi) is 2.92. The van der Waals surface area contributed by atoms with Crippen molar-refractivity contribution < 1.29 is 0 Å². The van der Waals surface area contributed by atoms with Gasteiger partial charge in [0.05, 0.1) is 0 Å². The highest BCUT2D eigenvalue weighted by molar-refractivity contribution is 5.63. The van der Waals surface area contributed by atoms with Crippen molar-refractivity contribution in [1.82, 2.24) is 15.0 Å². The highest BCUT2D eigenvalue weighted by atomic mass is 14.9. The fraction of sp³-hybridized carbons (Fsp3) is 0.357. The van der Waals surface area contributed by atoms with Crippen LogP contribution in [0.2, 0.25) is 0 Å². The molecule has 3 nitrogen and oxygen atoms in total. The summed E-state index contributed by atoms with van der Waals surface area (Å²) in [4.78, 5) is 13.1. The molecule has 3 heteroatoms. The van der Waals surface area contributed by atoms with Gasteiger partial charge in [-0.1, -0.05) is 26.8 Å². The Morgan fingerprint density at radius 2 is 1.65 bits per heavy atom. The van der Waals surface area contributed by atoms with Crippen LogP contribution in [0.15, 0.2) is 30.7 Å². The van der Waals surface area contributed by atoms with Crippen molar-refractivity contribution in [1.29, 1.82) is 0 Å². The quantitative estimate of drug-likeness (QED) is 0.751. The smallest absolute Gasteiger partial charge is 0.133 e. The van der Waals surface area contributed by atoms with E-state index in [1.165, 1.54) is 0 Å². The van der Waals surface area contributed by atoms with E-state index in [0.29, 0.717) is 0 Å². The average molecular weight is 227 g/mol. The molecular weight excluding hydrogens is 210 g/mol. The van der Waals surface area contributed by atoms with Crippen LogP contribution >= 0.6 is 0 Å². The maximum atomic E-state index is 4.43. The maximum Gasteiger partial charge on any atom is 0.133 e. The molecule has 0 saturated carbocycles. The summed E-state index contributed by atoms with van der Waals surface area (Å²) in [5.74, 6) is 0.864. The minimum absolute atomic E-state index is 0.0114. The topological polar surface area (TPSA) is 38.7 Å². The van der Waals surface area contributed by atoms with E-state index < -0.39 is 0 Å². The fourth-order valence-corrected chi connectivity index (χ4v) is 1.64. The highest BCUT2D eigenvalue weighted by Crippen LogP contribution is 2.22. The number of pyridine rings is 1. The van der Waals surface area contributed by atoms with Gasteiger partial charge < -0.3 is 0 Å². The molecule has 0 bridgehead atoms. The number of aromatic nitrogens is 3. The maximum absolute atomic E-state index is 4.43. The molecule has 0 radical (unpaired) electrons. The van der Waals surface area contributed by atoms with Gasteiger partial charge in [-0.15, -0.1) is 0 Å². The number of hydrogen-bond acceptors (Lipinski definition) is 3. The number of aryl methyl sites for hydroxylation is 1. The summed E-state index contributed by atoms with van der Waals surface area (Å²) in [5.41, 5.74) is 3.10. The summed E-state index contributed by atoms with van der Waals surface area (Å²) in [5, 5.41) is 0. The Morgan fingerprint density at radius 3 is 2.18 bits per heavy atom. The largest absolute Gasteiger partial charge is 0.261 e. The van der Waals surface area contributed by atoms with Crippen molar-refractivity contribution in [2.45, 2.75) is 33.1 Å². The molecule has 88 valence electrons. The predicted octanol–water partition coefficient (Wildman–Crippen LogP) is 3.14. The van der Waals surface area contributed by atoms with Gasteiger partial charge in [-0.2, -0.15) is 0 Å². The van der Waals surface area contributed by atoms with Gasteiger partial charge in [0, 0.05) is 40.8 Å². The average Bonchev–Trinajstić information content (AvgIpc) is 2.29. The second kappa shape index (κ2) is 4.24. The third-order valence-corrected chi connectivity index (χ3v) is 2.64. The van der Waals surface area contributed by atoms with Crippen LogP contribution in [0.3, 0.4) is 0 Å². The molecule has 0 unspecified atom stereocenters. The van der Waals surface area contributed by atoms with Crippen molar-refractivity contribution >= 4 is 0 Å². The first-order valence-corrected chi connectivity index (χ1v) is 5.73. The van der Waals surface area contributed by atoms with Crippen LogP contribution in [0.5, 0.6) is 0 Å². The summed E-state index contributed by atoms with van der Waals surface area (Å²) < 4.78 is 0. The minimum Gasteiger partial charge on any atom is -0.261 e. The standard InChI is InChI=1S/C14H17N3/c1-10-12(6-5-7-15-10)11-8-16-13(17-9-11)14(2,3)4/h5-9H,1-4H3. The van der Waals surface area contributed by atoms with Crippen LogP contribution in [-0.4, -0.2) is 15.0 Å². The Labute approximate surface area is 102 Å². The zero-order valence-electron chi connectivity index (χ0n) is 10.7. The lowest BCUT2D eigenvalue weighted by molar-refractivity contribution is 0.545. The molecule has 0 fully saturated rings. The van der Waals surface area contributed by atoms with Gasteiger partial charge in [0.2, 0.25) is 0 Å². The zero-order valence-corrected chi connectivity index (χ0v) is 10.7. The molecule has 0 aromatic carbocycles. The second-order valence-corrected chi connectivity index (χ2v) is 5.18. The lowest BCUT2D eigenvalue weighted by atomic mass is 9.95. The predicted molar refractivity (Wildman–Crippen MR) is 68.7 cm³/mol.